The molecule has 0 saturated heterocycles. The zero-order valence-corrected chi connectivity index (χ0v) is 9.78. The van der Waals surface area contributed by atoms with Gasteiger partial charge in [-0.25, -0.2) is 0 Å². The molecule has 0 bridgehead atoms. The van der Waals surface area contributed by atoms with E-state index in [-0.39, 0.29) is 17.7 Å². The summed E-state index contributed by atoms with van der Waals surface area (Å²) in [6, 6.07) is 5.63. The molecule has 3 nitrogen and oxygen atoms in total. The Bertz CT molecular complexity index is 463. The molecule has 1 aromatic carbocycles. The van der Waals surface area contributed by atoms with E-state index in [0.29, 0.717) is 12.0 Å². The predicted molar refractivity (Wildman–Crippen MR) is 62.8 cm³/mol. The maximum atomic E-state index is 11.8. The van der Waals surface area contributed by atoms with Crippen LogP contribution >= 0.6 is 0 Å². The molecule has 1 aliphatic rings. The van der Waals surface area contributed by atoms with Crippen LogP contribution in [0.1, 0.15) is 36.7 Å². The molecule has 0 unspecified atom stereocenters. The number of benzene rings is 1. The second kappa shape index (κ2) is 3.74. The van der Waals surface area contributed by atoms with Crippen LogP contribution in [0.3, 0.4) is 0 Å². The third-order valence-electron chi connectivity index (χ3n) is 2.88. The SMILES string of the molecule is CC(=O)c1ccc2c(c1)N(C(C)C)C(=O)C2. The molecule has 16 heavy (non-hydrogen) atoms. The summed E-state index contributed by atoms with van der Waals surface area (Å²) in [6.07, 6.45) is 0.450. The molecule has 1 aromatic rings. The molecule has 1 amide bonds. The molecule has 84 valence electrons. The lowest BCUT2D eigenvalue weighted by Gasteiger charge is -2.22. The second-order valence-electron chi connectivity index (χ2n) is 4.43. The second-order valence-corrected chi connectivity index (χ2v) is 4.43. The average Bonchev–Trinajstić information content (AvgIpc) is 2.51. The Hall–Kier alpha value is -1.64. The third-order valence-corrected chi connectivity index (χ3v) is 2.88. The number of Topliss-reactive ketones (excluding diaryl/α,β-unsaturated/α-hetero) is 1. The number of nitrogens with zero attached hydrogens (tertiary/aromatic N) is 1. The lowest BCUT2D eigenvalue weighted by atomic mass is 10.1. The van der Waals surface area contributed by atoms with Crippen molar-refractivity contribution in [3.63, 3.8) is 0 Å². The van der Waals surface area contributed by atoms with Gasteiger partial charge in [0.15, 0.2) is 5.78 Å². The van der Waals surface area contributed by atoms with Gasteiger partial charge in [-0.05, 0) is 32.4 Å². The summed E-state index contributed by atoms with van der Waals surface area (Å²) in [5, 5.41) is 0. The molecular weight excluding hydrogens is 202 g/mol. The summed E-state index contributed by atoms with van der Waals surface area (Å²) >= 11 is 0. The van der Waals surface area contributed by atoms with Crippen molar-refractivity contribution in [2.45, 2.75) is 33.2 Å². The molecular formula is C13H15NO2. The van der Waals surface area contributed by atoms with Gasteiger partial charge in [0, 0.05) is 17.3 Å². The first-order chi connectivity index (χ1) is 7.50. The number of amides is 1. The summed E-state index contributed by atoms with van der Waals surface area (Å²) in [4.78, 5) is 24.9. The summed E-state index contributed by atoms with van der Waals surface area (Å²) < 4.78 is 0. The van der Waals surface area contributed by atoms with E-state index in [4.69, 9.17) is 0 Å². The molecule has 0 atom stereocenters. The Morgan fingerprint density at radius 1 is 1.38 bits per heavy atom. The Balaban J connectivity index is 2.50. The summed E-state index contributed by atoms with van der Waals surface area (Å²) in [5.74, 6) is 0.150. The number of hydrogen-bond acceptors (Lipinski definition) is 2. The highest BCUT2D eigenvalue weighted by atomic mass is 16.2. The Morgan fingerprint density at radius 2 is 2.06 bits per heavy atom. The van der Waals surface area contributed by atoms with Crippen LogP contribution in [-0.2, 0) is 11.2 Å². The Kier molecular flexibility index (Phi) is 2.54. The first-order valence-corrected chi connectivity index (χ1v) is 5.46. The number of ketones is 1. The number of carbonyl (C=O) groups excluding carboxylic acids is 2. The van der Waals surface area contributed by atoms with Crippen molar-refractivity contribution in [1.29, 1.82) is 0 Å². The van der Waals surface area contributed by atoms with Crippen LogP contribution in [-0.4, -0.2) is 17.7 Å². The molecule has 0 N–H and O–H groups in total. The van der Waals surface area contributed by atoms with E-state index < -0.39 is 0 Å². The molecule has 2 rings (SSSR count). The van der Waals surface area contributed by atoms with Crippen molar-refractivity contribution in [3.8, 4) is 0 Å². The van der Waals surface area contributed by atoms with Gasteiger partial charge >= 0.3 is 0 Å². The first kappa shape index (κ1) is 10.9. The molecule has 1 heterocycles. The number of hydrogen-bond donors (Lipinski definition) is 0. The van der Waals surface area contributed by atoms with Crippen LogP contribution in [0.25, 0.3) is 0 Å². The van der Waals surface area contributed by atoms with Crippen molar-refractivity contribution in [1.82, 2.24) is 0 Å². The van der Waals surface area contributed by atoms with Gasteiger partial charge in [0.1, 0.15) is 0 Å². The maximum Gasteiger partial charge on any atom is 0.231 e. The monoisotopic (exact) mass is 217 g/mol. The maximum absolute atomic E-state index is 11.8. The van der Waals surface area contributed by atoms with Gasteiger partial charge < -0.3 is 4.90 Å². The van der Waals surface area contributed by atoms with Gasteiger partial charge in [-0.15, -0.1) is 0 Å². The van der Waals surface area contributed by atoms with Crippen molar-refractivity contribution in [2.24, 2.45) is 0 Å². The lowest BCUT2D eigenvalue weighted by Crippen LogP contribution is -2.33. The molecule has 1 aliphatic heterocycles. The number of carbonyl (C=O) groups is 2. The molecule has 0 radical (unpaired) electrons. The molecule has 0 aliphatic carbocycles. The Morgan fingerprint density at radius 3 is 2.62 bits per heavy atom. The average molecular weight is 217 g/mol. The first-order valence-electron chi connectivity index (χ1n) is 5.46. The molecule has 0 fully saturated rings. The quantitative estimate of drug-likeness (QED) is 0.712. The van der Waals surface area contributed by atoms with Crippen molar-refractivity contribution in [3.05, 3.63) is 29.3 Å². The Labute approximate surface area is 95.1 Å². The van der Waals surface area contributed by atoms with Gasteiger partial charge in [-0.2, -0.15) is 0 Å². The van der Waals surface area contributed by atoms with Crippen LogP contribution in [0, 0.1) is 0 Å². The standard InChI is InChI=1S/C13H15NO2/c1-8(2)14-12-6-10(9(3)15)4-5-11(12)7-13(14)16/h4-6,8H,7H2,1-3H3. The fourth-order valence-electron chi connectivity index (χ4n) is 2.11. The van der Waals surface area contributed by atoms with E-state index in [1.165, 1.54) is 6.92 Å². The van der Waals surface area contributed by atoms with E-state index in [1.807, 2.05) is 26.0 Å². The smallest absolute Gasteiger partial charge is 0.231 e. The van der Waals surface area contributed by atoms with Crippen LogP contribution in [0.4, 0.5) is 5.69 Å². The largest absolute Gasteiger partial charge is 0.309 e. The summed E-state index contributed by atoms with van der Waals surface area (Å²) in [7, 11) is 0. The number of anilines is 1. The van der Waals surface area contributed by atoms with Crippen molar-refractivity contribution >= 4 is 17.4 Å². The van der Waals surface area contributed by atoms with Gasteiger partial charge in [0.2, 0.25) is 5.91 Å². The fraction of sp³-hybridized carbons (Fsp3) is 0.385. The highest BCUT2D eigenvalue weighted by Gasteiger charge is 2.29. The van der Waals surface area contributed by atoms with Crippen LogP contribution in [0.5, 0.6) is 0 Å². The fourth-order valence-corrected chi connectivity index (χ4v) is 2.11. The number of fused-ring (bicyclic) bond motifs is 1. The van der Waals surface area contributed by atoms with Crippen LogP contribution in [0.2, 0.25) is 0 Å². The minimum Gasteiger partial charge on any atom is -0.309 e. The van der Waals surface area contributed by atoms with Gasteiger partial charge in [-0.3, -0.25) is 9.59 Å². The summed E-state index contributed by atoms with van der Waals surface area (Å²) in [6.45, 7) is 5.50. The summed E-state index contributed by atoms with van der Waals surface area (Å²) in [5.41, 5.74) is 2.58. The van der Waals surface area contributed by atoms with Gasteiger partial charge in [0.05, 0.1) is 6.42 Å². The minimum absolute atomic E-state index is 0.0332. The van der Waals surface area contributed by atoms with Crippen molar-refractivity contribution < 1.29 is 9.59 Å². The van der Waals surface area contributed by atoms with E-state index in [1.54, 1.807) is 11.0 Å². The topological polar surface area (TPSA) is 37.4 Å². The van der Waals surface area contributed by atoms with Crippen LogP contribution in [0.15, 0.2) is 18.2 Å². The van der Waals surface area contributed by atoms with E-state index in [2.05, 4.69) is 0 Å². The zero-order chi connectivity index (χ0) is 11.9. The lowest BCUT2D eigenvalue weighted by molar-refractivity contribution is -0.117. The molecule has 0 aromatic heterocycles. The molecule has 3 heteroatoms. The highest BCUT2D eigenvalue weighted by Crippen LogP contribution is 2.31. The highest BCUT2D eigenvalue weighted by molar-refractivity contribution is 6.04. The van der Waals surface area contributed by atoms with E-state index in [0.717, 1.165) is 11.3 Å². The zero-order valence-electron chi connectivity index (χ0n) is 9.78. The predicted octanol–water partition coefficient (Wildman–Crippen LogP) is 2.19. The molecule has 0 spiro atoms. The van der Waals surface area contributed by atoms with Gasteiger partial charge in [-0.1, -0.05) is 12.1 Å². The van der Waals surface area contributed by atoms with Gasteiger partial charge in [0.25, 0.3) is 0 Å². The van der Waals surface area contributed by atoms with E-state index in [9.17, 15) is 9.59 Å². The van der Waals surface area contributed by atoms with Crippen LogP contribution < -0.4 is 4.90 Å². The third kappa shape index (κ3) is 1.62. The van der Waals surface area contributed by atoms with E-state index >= 15 is 0 Å². The van der Waals surface area contributed by atoms with Crippen molar-refractivity contribution in [2.75, 3.05) is 4.90 Å². The number of rotatable bonds is 2. The minimum atomic E-state index is 0.0332. The normalized spacial score (nSPS) is 14.5. The molecule has 0 saturated carbocycles.